The van der Waals surface area contributed by atoms with Crippen molar-refractivity contribution in [2.75, 3.05) is 7.11 Å². The van der Waals surface area contributed by atoms with Gasteiger partial charge in [0.15, 0.2) is 5.78 Å². The van der Waals surface area contributed by atoms with Gasteiger partial charge in [-0.1, -0.05) is 18.2 Å². The highest BCUT2D eigenvalue weighted by Crippen LogP contribution is 2.23. The number of rotatable bonds is 3. The zero-order valence-electron chi connectivity index (χ0n) is 9.13. The lowest BCUT2D eigenvalue weighted by Gasteiger charge is -2.16. The maximum Gasteiger partial charge on any atom is 0.163 e. The van der Waals surface area contributed by atoms with Crippen LogP contribution in [0, 0.1) is 13.8 Å². The van der Waals surface area contributed by atoms with Crippen molar-refractivity contribution in [3.05, 3.63) is 34.9 Å². The second-order valence-electron chi connectivity index (χ2n) is 3.52. The van der Waals surface area contributed by atoms with E-state index in [1.807, 2.05) is 32.0 Å². The fourth-order valence-electron chi connectivity index (χ4n) is 1.57. The number of benzene rings is 1. The number of ether oxygens (including phenoxy) is 1. The third-order valence-electron chi connectivity index (χ3n) is 2.53. The average Bonchev–Trinajstić information content (AvgIpc) is 2.13. The largest absolute Gasteiger partial charge is 0.369 e. The first kappa shape index (κ1) is 10.9. The highest BCUT2D eigenvalue weighted by Gasteiger charge is 2.17. The van der Waals surface area contributed by atoms with E-state index in [0.717, 1.165) is 11.1 Å². The van der Waals surface area contributed by atoms with Gasteiger partial charge in [-0.25, -0.2) is 0 Å². The molecule has 0 aliphatic heterocycles. The quantitative estimate of drug-likeness (QED) is 0.735. The Bertz CT molecular complexity index is 342. The lowest BCUT2D eigenvalue weighted by molar-refractivity contribution is -0.126. The molecule has 0 aliphatic carbocycles. The summed E-state index contributed by atoms with van der Waals surface area (Å²) in [6.07, 6.45) is -0.421. The fraction of sp³-hybridized carbons (Fsp3) is 0.417. The first-order chi connectivity index (χ1) is 6.57. The average molecular weight is 192 g/mol. The molecule has 0 saturated carbocycles. The van der Waals surface area contributed by atoms with Crippen molar-refractivity contribution in [1.29, 1.82) is 0 Å². The van der Waals surface area contributed by atoms with Gasteiger partial charge in [-0.05, 0) is 37.5 Å². The Kier molecular flexibility index (Phi) is 3.42. The molecule has 1 unspecified atom stereocenters. The zero-order valence-corrected chi connectivity index (χ0v) is 9.13. The van der Waals surface area contributed by atoms with Crippen molar-refractivity contribution in [2.24, 2.45) is 0 Å². The van der Waals surface area contributed by atoms with Crippen LogP contribution in [-0.4, -0.2) is 12.9 Å². The molecule has 76 valence electrons. The molecule has 1 aromatic rings. The topological polar surface area (TPSA) is 26.3 Å². The molecule has 0 bridgehead atoms. The van der Waals surface area contributed by atoms with Gasteiger partial charge in [0.05, 0.1) is 0 Å². The Hall–Kier alpha value is -1.15. The Balaban J connectivity index is 3.16. The standard InChI is InChI=1S/C12H16O2/c1-8-6-5-7-11(9(8)2)12(14-4)10(3)13/h5-7,12H,1-4H3. The maximum absolute atomic E-state index is 11.3. The summed E-state index contributed by atoms with van der Waals surface area (Å²) in [5.41, 5.74) is 3.29. The van der Waals surface area contributed by atoms with Crippen molar-refractivity contribution in [3.63, 3.8) is 0 Å². The van der Waals surface area contributed by atoms with Crippen molar-refractivity contribution in [2.45, 2.75) is 26.9 Å². The minimum Gasteiger partial charge on any atom is -0.369 e. The molecule has 0 heterocycles. The second-order valence-corrected chi connectivity index (χ2v) is 3.52. The van der Waals surface area contributed by atoms with Crippen molar-refractivity contribution in [3.8, 4) is 0 Å². The third-order valence-corrected chi connectivity index (χ3v) is 2.53. The Labute approximate surface area is 84.9 Å². The SMILES string of the molecule is COC(C(C)=O)c1cccc(C)c1C. The molecule has 0 fully saturated rings. The van der Waals surface area contributed by atoms with Crippen LogP contribution in [0.3, 0.4) is 0 Å². The molecule has 0 spiro atoms. The predicted molar refractivity (Wildman–Crippen MR) is 56.3 cm³/mol. The minimum atomic E-state index is -0.421. The normalized spacial score (nSPS) is 12.6. The van der Waals surface area contributed by atoms with Crippen LogP contribution in [0.1, 0.15) is 29.7 Å². The van der Waals surface area contributed by atoms with E-state index >= 15 is 0 Å². The van der Waals surface area contributed by atoms with Gasteiger partial charge in [0.2, 0.25) is 0 Å². The van der Waals surface area contributed by atoms with E-state index in [1.165, 1.54) is 5.56 Å². The summed E-state index contributed by atoms with van der Waals surface area (Å²) in [6, 6.07) is 5.93. The lowest BCUT2D eigenvalue weighted by atomic mass is 9.97. The van der Waals surface area contributed by atoms with E-state index in [1.54, 1.807) is 14.0 Å². The number of ketones is 1. The summed E-state index contributed by atoms with van der Waals surface area (Å²) in [6.45, 7) is 5.60. The third kappa shape index (κ3) is 2.02. The maximum atomic E-state index is 11.3. The number of carbonyl (C=O) groups is 1. The summed E-state index contributed by atoms with van der Waals surface area (Å²) in [5, 5.41) is 0. The Morgan fingerprint density at radius 1 is 1.36 bits per heavy atom. The number of aryl methyl sites for hydroxylation is 1. The van der Waals surface area contributed by atoms with E-state index in [0.29, 0.717) is 0 Å². The van der Waals surface area contributed by atoms with Crippen molar-refractivity contribution >= 4 is 5.78 Å². The van der Waals surface area contributed by atoms with Gasteiger partial charge in [-0.15, -0.1) is 0 Å². The smallest absolute Gasteiger partial charge is 0.163 e. The predicted octanol–water partition coefficient (Wildman–Crippen LogP) is 2.58. The molecular weight excluding hydrogens is 176 g/mol. The van der Waals surface area contributed by atoms with Crippen molar-refractivity contribution in [1.82, 2.24) is 0 Å². The number of carbonyl (C=O) groups excluding carboxylic acids is 1. The van der Waals surface area contributed by atoms with Crippen LogP contribution < -0.4 is 0 Å². The molecule has 2 heteroatoms. The van der Waals surface area contributed by atoms with Gasteiger partial charge in [-0.3, -0.25) is 4.79 Å². The van der Waals surface area contributed by atoms with Gasteiger partial charge >= 0.3 is 0 Å². The van der Waals surface area contributed by atoms with Crippen LogP contribution in [0.15, 0.2) is 18.2 Å². The fourth-order valence-corrected chi connectivity index (χ4v) is 1.57. The van der Waals surface area contributed by atoms with Crippen LogP contribution in [0.2, 0.25) is 0 Å². The zero-order chi connectivity index (χ0) is 10.7. The molecule has 0 aromatic heterocycles. The van der Waals surface area contributed by atoms with Gasteiger partial charge in [0.1, 0.15) is 6.10 Å². The van der Waals surface area contributed by atoms with E-state index < -0.39 is 6.10 Å². The highest BCUT2D eigenvalue weighted by molar-refractivity contribution is 5.82. The molecule has 14 heavy (non-hydrogen) atoms. The molecular formula is C12H16O2. The van der Waals surface area contributed by atoms with E-state index in [9.17, 15) is 4.79 Å². The van der Waals surface area contributed by atoms with Crippen molar-refractivity contribution < 1.29 is 9.53 Å². The van der Waals surface area contributed by atoms with Crippen LogP contribution >= 0.6 is 0 Å². The first-order valence-electron chi connectivity index (χ1n) is 4.67. The van der Waals surface area contributed by atoms with Crippen LogP contribution in [0.4, 0.5) is 0 Å². The molecule has 0 radical (unpaired) electrons. The van der Waals surface area contributed by atoms with Crippen LogP contribution in [-0.2, 0) is 9.53 Å². The second kappa shape index (κ2) is 4.38. The van der Waals surface area contributed by atoms with Crippen LogP contribution in [0.5, 0.6) is 0 Å². The summed E-state index contributed by atoms with van der Waals surface area (Å²) in [7, 11) is 1.56. The molecule has 1 rings (SSSR count). The molecule has 0 aliphatic rings. The molecule has 0 saturated heterocycles. The molecule has 1 aromatic carbocycles. The molecule has 0 amide bonds. The number of hydrogen-bond donors (Lipinski definition) is 0. The van der Waals surface area contributed by atoms with Gasteiger partial charge < -0.3 is 4.74 Å². The van der Waals surface area contributed by atoms with E-state index in [-0.39, 0.29) is 5.78 Å². The number of Topliss-reactive ketones (excluding diaryl/α,β-unsaturated/α-hetero) is 1. The van der Waals surface area contributed by atoms with Crippen LogP contribution in [0.25, 0.3) is 0 Å². The number of hydrogen-bond acceptors (Lipinski definition) is 2. The van der Waals surface area contributed by atoms with E-state index in [4.69, 9.17) is 4.74 Å². The Morgan fingerprint density at radius 2 is 2.00 bits per heavy atom. The van der Waals surface area contributed by atoms with E-state index in [2.05, 4.69) is 0 Å². The Morgan fingerprint density at radius 3 is 2.50 bits per heavy atom. The van der Waals surface area contributed by atoms with Gasteiger partial charge in [0.25, 0.3) is 0 Å². The summed E-state index contributed by atoms with van der Waals surface area (Å²) in [5.74, 6) is 0.0428. The summed E-state index contributed by atoms with van der Waals surface area (Å²) in [4.78, 5) is 11.3. The minimum absolute atomic E-state index is 0.0428. The first-order valence-corrected chi connectivity index (χ1v) is 4.67. The molecule has 1 atom stereocenters. The highest BCUT2D eigenvalue weighted by atomic mass is 16.5. The van der Waals surface area contributed by atoms with Gasteiger partial charge in [0, 0.05) is 7.11 Å². The molecule has 0 N–H and O–H groups in total. The summed E-state index contributed by atoms with van der Waals surface area (Å²) >= 11 is 0. The monoisotopic (exact) mass is 192 g/mol. The lowest BCUT2D eigenvalue weighted by Crippen LogP contribution is -2.12. The molecule has 2 nitrogen and oxygen atoms in total. The summed E-state index contributed by atoms with van der Waals surface area (Å²) < 4.78 is 5.18. The van der Waals surface area contributed by atoms with Gasteiger partial charge in [-0.2, -0.15) is 0 Å². The number of methoxy groups -OCH3 is 1.